The second kappa shape index (κ2) is 7.81. The van der Waals surface area contributed by atoms with Crippen LogP contribution in [0.3, 0.4) is 0 Å². The van der Waals surface area contributed by atoms with E-state index in [-0.39, 0.29) is 6.04 Å². The lowest BCUT2D eigenvalue weighted by Gasteiger charge is -2.20. The normalized spacial score (nSPS) is 12.6. The molecule has 20 heavy (non-hydrogen) atoms. The van der Waals surface area contributed by atoms with Crippen molar-refractivity contribution in [2.75, 3.05) is 6.54 Å². The molecule has 0 saturated carbocycles. The molecular weight excluding hydrogens is 377 g/mol. The molecule has 108 valence electrons. The summed E-state index contributed by atoms with van der Waals surface area (Å²) in [7, 11) is 0. The minimum atomic E-state index is 0.234. The zero-order chi connectivity index (χ0) is 14.5. The van der Waals surface area contributed by atoms with Crippen molar-refractivity contribution in [3.05, 3.63) is 54.6 Å². The van der Waals surface area contributed by atoms with E-state index in [0.29, 0.717) is 0 Å². The second-order valence-corrected chi connectivity index (χ2v) is 7.67. The van der Waals surface area contributed by atoms with Crippen molar-refractivity contribution >= 4 is 50.5 Å². The maximum absolute atomic E-state index is 6.13. The molecule has 0 aliphatic heterocycles. The van der Waals surface area contributed by atoms with E-state index in [1.54, 1.807) is 11.3 Å². The van der Waals surface area contributed by atoms with Crippen LogP contribution in [0.5, 0.6) is 0 Å². The summed E-state index contributed by atoms with van der Waals surface area (Å²) in [5, 5.41) is 4.35. The molecule has 0 amide bonds. The minimum Gasteiger partial charge on any atom is -0.310 e. The monoisotopic (exact) mass is 391 g/mol. The average molecular weight is 393 g/mol. The Labute approximate surface area is 142 Å². The third-order valence-electron chi connectivity index (χ3n) is 3.01. The molecule has 1 atom stereocenters. The van der Waals surface area contributed by atoms with Gasteiger partial charge in [0.1, 0.15) is 0 Å². The molecule has 1 nitrogen and oxygen atoms in total. The Bertz CT molecular complexity index is 571. The van der Waals surface area contributed by atoms with Crippen LogP contribution in [0.2, 0.25) is 9.36 Å². The molecule has 0 spiro atoms. The molecule has 0 aliphatic rings. The third-order valence-corrected chi connectivity index (χ3v) is 5.22. The lowest BCUT2D eigenvalue weighted by molar-refractivity contribution is 0.530. The Hall–Kier alpha value is -0.0600. The molecule has 1 N–H and O–H groups in total. The first-order valence-corrected chi connectivity index (χ1v) is 8.89. The molecule has 0 fully saturated rings. The number of hydrogen-bond acceptors (Lipinski definition) is 2. The third kappa shape index (κ3) is 4.47. The van der Waals surface area contributed by atoms with Crippen LogP contribution < -0.4 is 5.32 Å². The Morgan fingerprint density at radius 3 is 2.70 bits per heavy atom. The van der Waals surface area contributed by atoms with Crippen LogP contribution >= 0.6 is 50.5 Å². The van der Waals surface area contributed by atoms with Gasteiger partial charge in [0, 0.05) is 26.8 Å². The summed E-state index contributed by atoms with van der Waals surface area (Å²) in [6, 6.07) is 10.2. The van der Waals surface area contributed by atoms with Crippen molar-refractivity contribution in [3.63, 3.8) is 0 Å². The molecule has 1 unspecified atom stereocenters. The summed E-state index contributed by atoms with van der Waals surface area (Å²) in [6.07, 6.45) is 2.01. The van der Waals surface area contributed by atoms with E-state index in [1.807, 2.05) is 24.3 Å². The van der Waals surface area contributed by atoms with E-state index in [2.05, 4.69) is 34.2 Å². The van der Waals surface area contributed by atoms with Crippen molar-refractivity contribution in [2.45, 2.75) is 25.8 Å². The van der Waals surface area contributed by atoms with Gasteiger partial charge in [0.15, 0.2) is 0 Å². The van der Waals surface area contributed by atoms with E-state index in [4.69, 9.17) is 23.2 Å². The van der Waals surface area contributed by atoms with Crippen LogP contribution in [0.4, 0.5) is 0 Å². The zero-order valence-corrected chi connectivity index (χ0v) is 15.0. The lowest BCUT2D eigenvalue weighted by Crippen LogP contribution is -2.24. The highest BCUT2D eigenvalue weighted by molar-refractivity contribution is 9.10. The van der Waals surface area contributed by atoms with Crippen LogP contribution in [-0.2, 0) is 6.42 Å². The largest absolute Gasteiger partial charge is 0.310 e. The predicted octanol–water partition coefficient (Wildman–Crippen LogP) is 6.10. The van der Waals surface area contributed by atoms with Crippen molar-refractivity contribution in [3.8, 4) is 0 Å². The van der Waals surface area contributed by atoms with Gasteiger partial charge in [-0.15, -0.1) is 11.3 Å². The molecule has 1 heterocycles. The van der Waals surface area contributed by atoms with Crippen molar-refractivity contribution in [1.82, 2.24) is 5.32 Å². The fraction of sp³-hybridized carbons (Fsp3) is 0.333. The van der Waals surface area contributed by atoms with E-state index in [1.165, 1.54) is 10.4 Å². The van der Waals surface area contributed by atoms with Gasteiger partial charge in [-0.25, -0.2) is 0 Å². The first-order valence-electron chi connectivity index (χ1n) is 6.52. The first kappa shape index (κ1) is 16.3. The van der Waals surface area contributed by atoms with E-state index in [9.17, 15) is 0 Å². The molecule has 0 radical (unpaired) electrons. The van der Waals surface area contributed by atoms with Gasteiger partial charge in [-0.3, -0.25) is 0 Å². The lowest BCUT2D eigenvalue weighted by atomic mass is 10.0. The first-order chi connectivity index (χ1) is 9.60. The van der Waals surface area contributed by atoms with Gasteiger partial charge in [0.25, 0.3) is 0 Å². The van der Waals surface area contributed by atoms with Gasteiger partial charge in [-0.05, 0) is 48.9 Å². The topological polar surface area (TPSA) is 12.0 Å². The maximum Gasteiger partial charge on any atom is 0.0931 e. The summed E-state index contributed by atoms with van der Waals surface area (Å²) in [5.41, 5.74) is 1.19. The Morgan fingerprint density at radius 2 is 2.05 bits per heavy atom. The minimum absolute atomic E-state index is 0.234. The maximum atomic E-state index is 6.13. The van der Waals surface area contributed by atoms with E-state index < -0.39 is 0 Å². The molecule has 2 aromatic rings. The summed E-state index contributed by atoms with van der Waals surface area (Å²) < 4.78 is 1.91. The Morgan fingerprint density at radius 1 is 1.25 bits per heavy atom. The Kier molecular flexibility index (Phi) is 6.37. The highest BCUT2D eigenvalue weighted by atomic mass is 79.9. The quantitative estimate of drug-likeness (QED) is 0.625. The van der Waals surface area contributed by atoms with Gasteiger partial charge in [0.2, 0.25) is 0 Å². The van der Waals surface area contributed by atoms with Crippen molar-refractivity contribution in [1.29, 1.82) is 0 Å². The molecule has 2 rings (SSSR count). The smallest absolute Gasteiger partial charge is 0.0931 e. The summed E-state index contributed by atoms with van der Waals surface area (Å²) in [5.74, 6) is 0. The summed E-state index contributed by atoms with van der Waals surface area (Å²) in [4.78, 5) is 1.27. The van der Waals surface area contributed by atoms with Crippen LogP contribution in [-0.4, -0.2) is 6.54 Å². The Balaban J connectivity index is 2.24. The standard InChI is InChI=1S/C15H16BrCl2NS/c1-2-7-19-14(9-11-4-6-15(18)20-11)12-8-10(17)3-5-13(12)16/h3-6,8,14,19H,2,7,9H2,1H3. The predicted molar refractivity (Wildman–Crippen MR) is 93.2 cm³/mol. The fourth-order valence-electron chi connectivity index (χ4n) is 2.05. The van der Waals surface area contributed by atoms with Gasteiger partial charge in [-0.2, -0.15) is 0 Å². The highest BCUT2D eigenvalue weighted by Gasteiger charge is 2.16. The second-order valence-electron chi connectivity index (χ2n) is 4.58. The van der Waals surface area contributed by atoms with Crippen LogP contribution in [0.1, 0.15) is 29.8 Å². The van der Waals surface area contributed by atoms with Crippen molar-refractivity contribution < 1.29 is 0 Å². The summed E-state index contributed by atoms with van der Waals surface area (Å²) in [6.45, 7) is 3.14. The molecule has 1 aromatic heterocycles. The van der Waals surface area contributed by atoms with Gasteiger partial charge < -0.3 is 5.32 Å². The summed E-state index contributed by atoms with van der Waals surface area (Å²) >= 11 is 17.4. The number of rotatable bonds is 6. The van der Waals surface area contributed by atoms with Gasteiger partial charge >= 0.3 is 0 Å². The molecular formula is C15H16BrCl2NS. The zero-order valence-electron chi connectivity index (χ0n) is 11.1. The van der Waals surface area contributed by atoms with Gasteiger partial charge in [-0.1, -0.05) is 46.1 Å². The molecule has 0 aliphatic carbocycles. The fourth-order valence-corrected chi connectivity index (χ4v) is 3.89. The molecule has 0 bridgehead atoms. The number of benzene rings is 1. The highest BCUT2D eigenvalue weighted by Crippen LogP contribution is 2.31. The van der Waals surface area contributed by atoms with Gasteiger partial charge in [0.05, 0.1) is 4.34 Å². The molecule has 0 saturated heterocycles. The van der Waals surface area contributed by atoms with Crippen molar-refractivity contribution in [2.24, 2.45) is 0 Å². The number of thiophene rings is 1. The average Bonchev–Trinajstić information content (AvgIpc) is 2.83. The van der Waals surface area contributed by atoms with Crippen LogP contribution in [0, 0.1) is 0 Å². The van der Waals surface area contributed by atoms with Crippen LogP contribution in [0.15, 0.2) is 34.8 Å². The number of hydrogen-bond donors (Lipinski definition) is 1. The van der Waals surface area contributed by atoms with E-state index >= 15 is 0 Å². The SMILES string of the molecule is CCCNC(Cc1ccc(Cl)s1)c1cc(Cl)ccc1Br. The van der Waals surface area contributed by atoms with E-state index in [0.717, 1.165) is 33.2 Å². The number of nitrogens with one attached hydrogen (secondary N) is 1. The van der Waals surface area contributed by atoms with Crippen LogP contribution in [0.25, 0.3) is 0 Å². The molecule has 1 aromatic carbocycles. The molecule has 5 heteroatoms. The number of halogens is 3.